The van der Waals surface area contributed by atoms with E-state index >= 15 is 0 Å². The van der Waals surface area contributed by atoms with Crippen LogP contribution in [-0.2, 0) is 33.2 Å². The summed E-state index contributed by atoms with van der Waals surface area (Å²) in [5.41, 5.74) is 0.124. The first-order chi connectivity index (χ1) is 13.6. The van der Waals surface area contributed by atoms with E-state index in [-0.39, 0.29) is 11.3 Å². The molecule has 0 saturated carbocycles. The monoisotopic (exact) mass is 408 g/mol. The van der Waals surface area contributed by atoms with Crippen LogP contribution in [0.3, 0.4) is 0 Å². The third-order valence-electron chi connectivity index (χ3n) is 4.89. The second-order valence-electron chi connectivity index (χ2n) is 8.00. The highest BCUT2D eigenvalue weighted by Crippen LogP contribution is 2.44. The molecule has 1 aromatic rings. The van der Waals surface area contributed by atoms with Crippen molar-refractivity contribution in [3.8, 4) is 5.75 Å². The largest absolute Gasteiger partial charge is 0.465 e. The minimum atomic E-state index is -1.13. The summed E-state index contributed by atoms with van der Waals surface area (Å²) in [5, 5.41) is 0. The van der Waals surface area contributed by atoms with Crippen molar-refractivity contribution in [1.82, 2.24) is 0 Å². The number of para-hydroxylation sites is 1. The summed E-state index contributed by atoms with van der Waals surface area (Å²) in [6, 6.07) is 6.29. The molecule has 0 radical (unpaired) electrons. The second-order valence-corrected chi connectivity index (χ2v) is 8.00. The van der Waals surface area contributed by atoms with Gasteiger partial charge in [-0.05, 0) is 39.8 Å². The molecular weight excluding hydrogens is 384 g/mol. The molecule has 0 aliphatic carbocycles. The SMILES string of the molecule is COC(=O)c1ccccc1OC(=O)[C@@H]1O[C@H]2OC(C)(C)O[C@@H]2[C@H]2OC(C)(C)O[C@H]21. The Labute approximate surface area is 168 Å². The van der Waals surface area contributed by atoms with Crippen molar-refractivity contribution < 1.29 is 42.7 Å². The van der Waals surface area contributed by atoms with Gasteiger partial charge in [0.15, 0.2) is 24.0 Å². The molecule has 0 spiro atoms. The van der Waals surface area contributed by atoms with Crippen molar-refractivity contribution >= 4 is 11.9 Å². The van der Waals surface area contributed by atoms with Crippen LogP contribution in [0.2, 0.25) is 0 Å². The van der Waals surface area contributed by atoms with Gasteiger partial charge in [0.25, 0.3) is 0 Å². The normalized spacial score (nSPS) is 34.2. The highest BCUT2D eigenvalue weighted by Gasteiger charge is 2.62. The van der Waals surface area contributed by atoms with Gasteiger partial charge in [0.2, 0.25) is 0 Å². The van der Waals surface area contributed by atoms with Crippen molar-refractivity contribution in [1.29, 1.82) is 0 Å². The van der Waals surface area contributed by atoms with Gasteiger partial charge in [-0.1, -0.05) is 12.1 Å². The van der Waals surface area contributed by atoms with Crippen LogP contribution < -0.4 is 4.74 Å². The number of carbonyl (C=O) groups excluding carboxylic acids is 2. The number of hydrogen-bond acceptors (Lipinski definition) is 9. The number of carbonyl (C=O) groups is 2. The first kappa shape index (κ1) is 20.2. The van der Waals surface area contributed by atoms with Crippen molar-refractivity contribution in [2.24, 2.45) is 0 Å². The fraction of sp³-hybridized carbons (Fsp3) is 0.600. The third-order valence-corrected chi connectivity index (χ3v) is 4.89. The summed E-state index contributed by atoms with van der Waals surface area (Å²) < 4.78 is 39.7. The first-order valence-electron chi connectivity index (χ1n) is 9.36. The second kappa shape index (κ2) is 7.03. The predicted molar refractivity (Wildman–Crippen MR) is 95.9 cm³/mol. The zero-order valence-electron chi connectivity index (χ0n) is 16.9. The highest BCUT2D eigenvalue weighted by atomic mass is 16.9. The van der Waals surface area contributed by atoms with Gasteiger partial charge in [0.05, 0.1) is 7.11 Å². The lowest BCUT2D eigenvalue weighted by atomic mass is 9.99. The summed E-state index contributed by atoms with van der Waals surface area (Å²) in [7, 11) is 1.25. The van der Waals surface area contributed by atoms with Crippen molar-refractivity contribution in [2.75, 3.05) is 7.11 Å². The lowest BCUT2D eigenvalue weighted by Crippen LogP contribution is -2.58. The minimum Gasteiger partial charge on any atom is -0.465 e. The average Bonchev–Trinajstić information content (AvgIpc) is 3.14. The number of esters is 2. The van der Waals surface area contributed by atoms with Gasteiger partial charge < -0.3 is 33.2 Å². The molecule has 0 unspecified atom stereocenters. The van der Waals surface area contributed by atoms with Gasteiger partial charge in [0, 0.05) is 0 Å². The molecule has 1 aromatic carbocycles. The van der Waals surface area contributed by atoms with Crippen LogP contribution >= 0.6 is 0 Å². The number of benzene rings is 1. The van der Waals surface area contributed by atoms with E-state index in [1.54, 1.807) is 39.8 Å². The van der Waals surface area contributed by atoms with Crippen molar-refractivity contribution in [2.45, 2.75) is 70.0 Å². The molecule has 9 heteroatoms. The molecule has 3 aliphatic heterocycles. The van der Waals surface area contributed by atoms with Gasteiger partial charge in [-0.3, -0.25) is 0 Å². The van der Waals surface area contributed by atoms with Crippen LogP contribution in [0.4, 0.5) is 0 Å². The summed E-state index contributed by atoms with van der Waals surface area (Å²) in [5.74, 6) is -3.12. The summed E-state index contributed by atoms with van der Waals surface area (Å²) >= 11 is 0. The van der Waals surface area contributed by atoms with Crippen LogP contribution in [0.1, 0.15) is 38.1 Å². The van der Waals surface area contributed by atoms with Gasteiger partial charge in [-0.2, -0.15) is 0 Å². The Morgan fingerprint density at radius 1 is 0.897 bits per heavy atom. The van der Waals surface area contributed by atoms with E-state index < -0.39 is 54.2 Å². The maximum atomic E-state index is 13.0. The summed E-state index contributed by atoms with van der Waals surface area (Å²) in [4.78, 5) is 25.0. The third kappa shape index (κ3) is 3.76. The molecule has 0 amide bonds. The molecule has 5 atom stereocenters. The van der Waals surface area contributed by atoms with Gasteiger partial charge in [-0.15, -0.1) is 0 Å². The molecule has 0 aromatic heterocycles. The first-order valence-corrected chi connectivity index (χ1v) is 9.36. The summed E-state index contributed by atoms with van der Waals surface area (Å²) in [6.07, 6.45) is -3.85. The van der Waals surface area contributed by atoms with E-state index in [2.05, 4.69) is 0 Å². The van der Waals surface area contributed by atoms with E-state index in [1.165, 1.54) is 19.2 Å². The zero-order chi connectivity index (χ0) is 21.0. The van der Waals surface area contributed by atoms with Crippen LogP contribution in [0.25, 0.3) is 0 Å². The molecule has 158 valence electrons. The van der Waals surface area contributed by atoms with Crippen molar-refractivity contribution in [3.63, 3.8) is 0 Å². The maximum absolute atomic E-state index is 13.0. The van der Waals surface area contributed by atoms with Crippen LogP contribution in [0, 0.1) is 0 Å². The average molecular weight is 408 g/mol. The minimum absolute atomic E-state index is 0.0636. The fourth-order valence-corrected chi connectivity index (χ4v) is 3.80. The number of methoxy groups -OCH3 is 1. The molecular formula is C20H24O9. The van der Waals surface area contributed by atoms with Crippen LogP contribution in [0.15, 0.2) is 24.3 Å². The van der Waals surface area contributed by atoms with Gasteiger partial charge >= 0.3 is 11.9 Å². The molecule has 9 nitrogen and oxygen atoms in total. The van der Waals surface area contributed by atoms with Crippen molar-refractivity contribution in [3.05, 3.63) is 29.8 Å². The number of rotatable bonds is 3. The van der Waals surface area contributed by atoms with E-state index in [4.69, 9.17) is 33.2 Å². The standard InChI is InChI=1S/C20H24O9/c1-19(2)26-12-13(27-19)15-18(29-20(3,4)28-15)25-14(12)17(22)24-11-9-7-6-8-10(11)16(21)23-5/h6-9,12-15,18H,1-5H3/t12-,13+,14-,15-,18+/m1/s1. The van der Waals surface area contributed by atoms with E-state index in [1.807, 2.05) is 0 Å². The Kier molecular flexibility index (Phi) is 4.91. The maximum Gasteiger partial charge on any atom is 0.343 e. The Morgan fingerprint density at radius 2 is 1.52 bits per heavy atom. The molecule has 4 rings (SSSR count). The molecule has 29 heavy (non-hydrogen) atoms. The lowest BCUT2D eigenvalue weighted by molar-refractivity contribution is -0.236. The van der Waals surface area contributed by atoms with Crippen LogP contribution in [0.5, 0.6) is 5.75 Å². The Bertz CT molecular complexity index is 818. The quantitative estimate of drug-likeness (QED) is 0.547. The number of hydrogen-bond donors (Lipinski definition) is 0. The molecule has 3 saturated heterocycles. The number of ether oxygens (including phenoxy) is 7. The van der Waals surface area contributed by atoms with E-state index in [0.717, 1.165) is 0 Å². The molecule has 0 N–H and O–H groups in total. The molecule has 3 aliphatic rings. The van der Waals surface area contributed by atoms with Gasteiger partial charge in [-0.25, -0.2) is 9.59 Å². The Hall–Kier alpha value is -2.04. The topological polar surface area (TPSA) is 98.8 Å². The molecule has 3 heterocycles. The Morgan fingerprint density at radius 3 is 2.24 bits per heavy atom. The lowest BCUT2D eigenvalue weighted by Gasteiger charge is -2.35. The van der Waals surface area contributed by atoms with Gasteiger partial charge in [0.1, 0.15) is 29.6 Å². The molecule has 0 bridgehead atoms. The predicted octanol–water partition coefficient (Wildman–Crippen LogP) is 1.78. The zero-order valence-corrected chi connectivity index (χ0v) is 16.9. The number of fused-ring (bicyclic) bond motifs is 3. The van der Waals surface area contributed by atoms with E-state index in [9.17, 15) is 9.59 Å². The Balaban J connectivity index is 1.59. The van der Waals surface area contributed by atoms with Crippen LogP contribution in [-0.4, -0.2) is 61.3 Å². The molecule has 3 fully saturated rings. The highest BCUT2D eigenvalue weighted by molar-refractivity contribution is 5.93. The smallest absolute Gasteiger partial charge is 0.343 e. The fourth-order valence-electron chi connectivity index (χ4n) is 3.80. The summed E-state index contributed by atoms with van der Waals surface area (Å²) in [6.45, 7) is 7.00. The van der Waals surface area contributed by atoms with E-state index in [0.29, 0.717) is 0 Å².